The van der Waals surface area contributed by atoms with Crippen molar-refractivity contribution < 1.29 is 9.59 Å². The molecule has 5 rings (SSSR count). The first-order valence-electron chi connectivity index (χ1n) is 10.8. The minimum Gasteiger partial charge on any atom is -0.329 e. The quantitative estimate of drug-likeness (QED) is 0.568. The van der Waals surface area contributed by atoms with Crippen LogP contribution < -0.4 is 0 Å². The summed E-state index contributed by atoms with van der Waals surface area (Å²) in [5.41, 5.74) is 4.45. The molecule has 0 bridgehead atoms. The van der Waals surface area contributed by atoms with Gasteiger partial charge in [0.05, 0.1) is 30.3 Å². The van der Waals surface area contributed by atoms with Crippen molar-refractivity contribution >= 4 is 33.3 Å². The molecule has 2 aliphatic heterocycles. The highest BCUT2D eigenvalue weighted by atomic mass is 79.9. The largest absolute Gasteiger partial charge is 0.329 e. The first kappa shape index (κ1) is 21.1. The van der Waals surface area contributed by atoms with Crippen molar-refractivity contribution in [3.63, 3.8) is 0 Å². The number of halogens is 1. The van der Waals surface area contributed by atoms with Gasteiger partial charge >= 0.3 is 0 Å². The highest BCUT2D eigenvalue weighted by Crippen LogP contribution is 2.59. The first-order chi connectivity index (χ1) is 15.3. The Morgan fingerprint density at radius 2 is 2.03 bits per heavy atom. The van der Waals surface area contributed by atoms with Gasteiger partial charge in [-0.1, -0.05) is 31.2 Å². The number of aryl methyl sites for hydroxylation is 1. The van der Waals surface area contributed by atoms with E-state index in [1.54, 1.807) is 0 Å². The van der Waals surface area contributed by atoms with E-state index in [1.807, 2.05) is 48.2 Å². The number of amides is 1. The van der Waals surface area contributed by atoms with Crippen LogP contribution >= 0.6 is 15.9 Å². The van der Waals surface area contributed by atoms with E-state index in [2.05, 4.69) is 43.3 Å². The molecule has 1 aliphatic carbocycles. The molecule has 2 aromatic rings. The molecule has 3 atom stereocenters. The number of Topliss-reactive ketones (excluding diaryl/α,β-unsaturated/α-hetero) is 1. The Morgan fingerprint density at radius 3 is 2.81 bits per heavy atom. The standard InChI is InChI=1S/C24H24BrN5O2/c1-14-6-7-22(25)27-17(14)10-20(31)19-11-24(2)12-21(24)30(19)23(32)9-15-4-3-5-16(8-15)18-13-26-29-28-18/h3-8,19,21H,9-13H2,1-2H3/t19?,21-,24+/m1/s1. The molecule has 0 spiro atoms. The number of piperidine rings is 1. The molecule has 1 amide bonds. The van der Waals surface area contributed by atoms with Crippen molar-refractivity contribution in [1.29, 1.82) is 0 Å². The number of fused-ring (bicyclic) bond motifs is 1. The molecule has 3 heterocycles. The Kier molecular flexibility index (Phi) is 5.28. The van der Waals surface area contributed by atoms with Gasteiger partial charge in [0, 0.05) is 11.6 Å². The van der Waals surface area contributed by atoms with Crippen LogP contribution in [0.4, 0.5) is 0 Å². The van der Waals surface area contributed by atoms with Crippen LogP contribution in [-0.2, 0) is 22.4 Å². The monoisotopic (exact) mass is 493 g/mol. The predicted octanol–water partition coefficient (Wildman–Crippen LogP) is 4.06. The maximum Gasteiger partial charge on any atom is 0.227 e. The summed E-state index contributed by atoms with van der Waals surface area (Å²) in [6.45, 7) is 4.60. The fourth-order valence-corrected chi connectivity index (χ4v) is 5.25. The lowest BCUT2D eigenvalue weighted by Gasteiger charge is -2.27. The zero-order valence-corrected chi connectivity index (χ0v) is 19.7. The van der Waals surface area contributed by atoms with Crippen LogP contribution in [0, 0.1) is 12.3 Å². The molecule has 1 saturated heterocycles. The summed E-state index contributed by atoms with van der Waals surface area (Å²) in [7, 11) is 0. The predicted molar refractivity (Wildman–Crippen MR) is 124 cm³/mol. The number of aromatic nitrogens is 1. The van der Waals surface area contributed by atoms with Crippen LogP contribution in [0.2, 0.25) is 0 Å². The van der Waals surface area contributed by atoms with Gasteiger partial charge < -0.3 is 4.90 Å². The summed E-state index contributed by atoms with van der Waals surface area (Å²) in [5, 5.41) is 11.6. The second-order valence-corrected chi connectivity index (χ2v) is 10.1. The summed E-state index contributed by atoms with van der Waals surface area (Å²) in [4.78, 5) is 33.0. The van der Waals surface area contributed by atoms with E-state index in [0.717, 1.165) is 40.9 Å². The van der Waals surface area contributed by atoms with Crippen molar-refractivity contribution in [3.05, 3.63) is 63.4 Å². The first-order valence-corrected chi connectivity index (χ1v) is 11.6. The Labute approximate surface area is 195 Å². The number of carbonyl (C=O) groups excluding carboxylic acids is 2. The van der Waals surface area contributed by atoms with Gasteiger partial charge in [-0.3, -0.25) is 9.59 Å². The fraction of sp³-hybridized carbons (Fsp3) is 0.417. The zero-order chi connectivity index (χ0) is 22.5. The molecule has 8 heteroatoms. The maximum atomic E-state index is 13.4. The number of likely N-dealkylation sites (tertiary alicyclic amines) is 1. The summed E-state index contributed by atoms with van der Waals surface area (Å²) in [6.07, 6.45) is 2.20. The normalized spacial score (nSPS) is 25.6. The van der Waals surface area contributed by atoms with E-state index in [4.69, 9.17) is 0 Å². The smallest absolute Gasteiger partial charge is 0.227 e. The Balaban J connectivity index is 1.33. The van der Waals surface area contributed by atoms with Crippen molar-refractivity contribution in [2.75, 3.05) is 6.54 Å². The SMILES string of the molecule is Cc1ccc(Br)nc1CC(=O)C1C[C@@]2(C)C[C@H]2N1C(=O)Cc1cccc(C2=NN=NC2)c1. The molecular weight excluding hydrogens is 470 g/mol. The summed E-state index contributed by atoms with van der Waals surface area (Å²) >= 11 is 3.39. The van der Waals surface area contributed by atoms with E-state index < -0.39 is 0 Å². The van der Waals surface area contributed by atoms with E-state index in [0.29, 0.717) is 11.1 Å². The van der Waals surface area contributed by atoms with Crippen LogP contribution in [0.5, 0.6) is 0 Å². The number of carbonyl (C=O) groups is 2. The third-order valence-electron chi connectivity index (χ3n) is 6.87. The molecule has 7 nitrogen and oxygen atoms in total. The van der Waals surface area contributed by atoms with Crippen molar-refractivity contribution in [2.45, 2.75) is 51.6 Å². The van der Waals surface area contributed by atoms with E-state index >= 15 is 0 Å². The minimum absolute atomic E-state index is 0.00776. The summed E-state index contributed by atoms with van der Waals surface area (Å²) in [5.74, 6) is 0.0751. The van der Waals surface area contributed by atoms with Gasteiger partial charge in [-0.2, -0.15) is 5.11 Å². The van der Waals surface area contributed by atoms with Crippen LogP contribution in [0.25, 0.3) is 0 Å². The Bertz CT molecular complexity index is 1180. The van der Waals surface area contributed by atoms with Crippen LogP contribution in [-0.4, -0.2) is 45.9 Å². The number of pyridine rings is 1. The van der Waals surface area contributed by atoms with Crippen LogP contribution in [0.3, 0.4) is 0 Å². The lowest BCUT2D eigenvalue weighted by Crippen LogP contribution is -2.44. The topological polar surface area (TPSA) is 87.4 Å². The van der Waals surface area contributed by atoms with E-state index in [9.17, 15) is 9.59 Å². The van der Waals surface area contributed by atoms with Crippen LogP contribution in [0.1, 0.15) is 42.1 Å². The van der Waals surface area contributed by atoms with Gasteiger partial charge in [0.25, 0.3) is 0 Å². The van der Waals surface area contributed by atoms with Gasteiger partial charge in [0.2, 0.25) is 5.91 Å². The Morgan fingerprint density at radius 1 is 1.19 bits per heavy atom. The third kappa shape index (κ3) is 3.92. The average molecular weight is 494 g/mol. The minimum atomic E-state index is -0.383. The Hall–Kier alpha value is -2.74. The molecule has 0 N–H and O–H groups in total. The molecule has 1 unspecified atom stereocenters. The van der Waals surface area contributed by atoms with Crippen molar-refractivity contribution in [1.82, 2.24) is 9.88 Å². The van der Waals surface area contributed by atoms with Gasteiger partial charge in [-0.05, 0) is 69.6 Å². The number of hydrogen-bond acceptors (Lipinski definition) is 6. The van der Waals surface area contributed by atoms with Crippen molar-refractivity contribution in [3.8, 4) is 0 Å². The highest BCUT2D eigenvalue weighted by molar-refractivity contribution is 9.10. The highest BCUT2D eigenvalue weighted by Gasteiger charge is 2.63. The van der Waals surface area contributed by atoms with Crippen LogP contribution in [0.15, 0.2) is 56.4 Å². The number of hydrogen-bond donors (Lipinski definition) is 0. The second kappa shape index (κ2) is 7.99. The molecule has 1 saturated carbocycles. The second-order valence-electron chi connectivity index (χ2n) is 9.25. The van der Waals surface area contributed by atoms with Gasteiger partial charge in [-0.25, -0.2) is 4.98 Å². The van der Waals surface area contributed by atoms with Gasteiger partial charge in [0.1, 0.15) is 11.1 Å². The van der Waals surface area contributed by atoms with Gasteiger partial charge in [-0.15, -0.1) is 5.10 Å². The molecular formula is C24H24BrN5O2. The third-order valence-corrected chi connectivity index (χ3v) is 7.31. The lowest BCUT2D eigenvalue weighted by atomic mass is 9.96. The average Bonchev–Trinajstić information content (AvgIpc) is 3.11. The number of benzene rings is 1. The zero-order valence-electron chi connectivity index (χ0n) is 18.1. The number of ketones is 1. The molecule has 32 heavy (non-hydrogen) atoms. The summed E-state index contributed by atoms with van der Waals surface area (Å²) < 4.78 is 0.715. The lowest BCUT2D eigenvalue weighted by molar-refractivity contribution is -0.138. The molecule has 0 radical (unpaired) electrons. The fourth-order valence-electron chi connectivity index (χ4n) is 4.91. The molecule has 1 aromatic carbocycles. The molecule has 3 aliphatic rings. The van der Waals surface area contributed by atoms with Crippen molar-refractivity contribution in [2.24, 2.45) is 20.9 Å². The maximum absolute atomic E-state index is 13.4. The number of nitrogens with zero attached hydrogens (tertiary/aromatic N) is 5. The molecule has 1 aromatic heterocycles. The molecule has 164 valence electrons. The number of rotatable bonds is 6. The van der Waals surface area contributed by atoms with E-state index in [1.165, 1.54) is 0 Å². The molecule has 2 fully saturated rings. The van der Waals surface area contributed by atoms with E-state index in [-0.39, 0.29) is 42.0 Å². The summed E-state index contributed by atoms with van der Waals surface area (Å²) in [6, 6.07) is 11.4. The van der Waals surface area contributed by atoms with Gasteiger partial charge in [0.15, 0.2) is 5.78 Å².